The number of carbonyl (C=O) groups is 2. The molecule has 1 atom stereocenters. The summed E-state index contributed by atoms with van der Waals surface area (Å²) in [5.41, 5.74) is 0.457. The molecule has 0 fully saturated rings. The number of phenolic OH excluding ortho intramolecular Hbond substituents is 2. The van der Waals surface area contributed by atoms with Gasteiger partial charge in [-0.25, -0.2) is 9.59 Å². The number of nitrogens with one attached hydrogen (secondary N) is 3. The van der Waals surface area contributed by atoms with Gasteiger partial charge >= 0.3 is 12.1 Å². The van der Waals surface area contributed by atoms with Gasteiger partial charge in [-0.2, -0.15) is 0 Å². The highest BCUT2D eigenvalue weighted by Crippen LogP contribution is 2.59. The van der Waals surface area contributed by atoms with Crippen molar-refractivity contribution in [2.75, 3.05) is 18.4 Å². The second kappa shape index (κ2) is 12.0. The number of esters is 1. The fourth-order valence-electron chi connectivity index (χ4n) is 5.30. The minimum atomic E-state index is -1.35. The van der Waals surface area contributed by atoms with Crippen LogP contribution in [0.25, 0.3) is 0 Å². The van der Waals surface area contributed by atoms with Gasteiger partial charge < -0.3 is 40.4 Å². The average molecular weight is 606 g/mol. The number of benzene rings is 3. The summed E-state index contributed by atoms with van der Waals surface area (Å²) in [6, 6.07) is 14.9. The molecule has 0 radical (unpaired) electrons. The first-order valence-corrected chi connectivity index (χ1v) is 14.6. The number of alkyl carbamates (subject to hydrolysis) is 1. The number of fused-ring (bicyclic) bond motifs is 6. The van der Waals surface area contributed by atoms with Gasteiger partial charge in [-0.05, 0) is 76.2 Å². The van der Waals surface area contributed by atoms with E-state index in [1.807, 2.05) is 32.9 Å². The third kappa shape index (κ3) is 6.17. The summed E-state index contributed by atoms with van der Waals surface area (Å²) >= 11 is 5.52. The maximum Gasteiger partial charge on any atom is 0.407 e. The molecule has 1 unspecified atom stereocenters. The van der Waals surface area contributed by atoms with Crippen molar-refractivity contribution in [2.45, 2.75) is 57.7 Å². The van der Waals surface area contributed by atoms with Gasteiger partial charge in [0.25, 0.3) is 0 Å². The van der Waals surface area contributed by atoms with Gasteiger partial charge in [0.1, 0.15) is 28.5 Å². The van der Waals surface area contributed by atoms with Crippen LogP contribution in [0.2, 0.25) is 0 Å². The first kappa shape index (κ1) is 30.0. The van der Waals surface area contributed by atoms with E-state index in [0.717, 1.165) is 25.7 Å². The summed E-state index contributed by atoms with van der Waals surface area (Å²) in [4.78, 5) is 24.8. The molecule has 1 amide bonds. The Labute approximate surface area is 255 Å². The van der Waals surface area contributed by atoms with Crippen LogP contribution in [0.15, 0.2) is 54.6 Å². The number of hydrogen-bond donors (Lipinski definition) is 5. The van der Waals surface area contributed by atoms with Crippen molar-refractivity contribution in [3.63, 3.8) is 0 Å². The molecule has 5 N–H and O–H groups in total. The van der Waals surface area contributed by atoms with Crippen molar-refractivity contribution in [1.29, 1.82) is 0 Å². The van der Waals surface area contributed by atoms with E-state index < -0.39 is 23.3 Å². The first-order valence-electron chi connectivity index (χ1n) is 14.2. The topological polar surface area (TPSA) is 138 Å². The van der Waals surface area contributed by atoms with E-state index in [0.29, 0.717) is 35.3 Å². The molecule has 3 aromatic rings. The van der Waals surface area contributed by atoms with Gasteiger partial charge in [0.2, 0.25) is 0 Å². The van der Waals surface area contributed by atoms with E-state index in [1.165, 1.54) is 18.2 Å². The predicted molar refractivity (Wildman–Crippen MR) is 165 cm³/mol. The molecule has 3 aromatic carbocycles. The summed E-state index contributed by atoms with van der Waals surface area (Å²) in [6.07, 6.45) is 3.10. The molecule has 43 heavy (non-hydrogen) atoms. The van der Waals surface area contributed by atoms with Gasteiger partial charge in [0.05, 0.1) is 11.1 Å². The summed E-state index contributed by atoms with van der Waals surface area (Å²) in [5, 5.41) is 30.3. The van der Waals surface area contributed by atoms with Crippen molar-refractivity contribution in [2.24, 2.45) is 0 Å². The zero-order valence-corrected chi connectivity index (χ0v) is 25.1. The maximum atomic E-state index is 13.0. The van der Waals surface area contributed by atoms with Crippen LogP contribution in [0.5, 0.6) is 23.0 Å². The molecule has 10 nitrogen and oxygen atoms in total. The van der Waals surface area contributed by atoms with Gasteiger partial charge in [-0.15, -0.1) is 0 Å². The number of hydrogen-bond acceptors (Lipinski definition) is 8. The van der Waals surface area contributed by atoms with Crippen molar-refractivity contribution >= 4 is 35.1 Å². The number of amides is 1. The number of aromatic hydroxyl groups is 2. The Kier molecular flexibility index (Phi) is 8.36. The number of rotatable bonds is 8. The van der Waals surface area contributed by atoms with Crippen LogP contribution in [0.4, 0.5) is 10.5 Å². The molecule has 11 heteroatoms. The molecule has 1 spiro atoms. The molecule has 0 saturated carbocycles. The standard InChI is InChI=1S/C32H35N3O7S/c1-31(2,3)42-30(39)34-17-9-5-4-8-16-33-29(43)35-26-24(37)15-14-23-27(26)40-25-18-19(36)12-13-22(25)32(23)21-11-7-6-10-20(21)28(38)41-32/h6-7,10-15,18,36-37H,4-5,8-9,16-17H2,1-3H3,(H,34,39)(H2,33,35,43). The van der Waals surface area contributed by atoms with Gasteiger partial charge in [0.15, 0.2) is 16.5 Å². The van der Waals surface area contributed by atoms with Crippen molar-refractivity contribution < 1.29 is 34.0 Å². The molecule has 0 bridgehead atoms. The smallest absolute Gasteiger partial charge is 0.407 e. The quantitative estimate of drug-likeness (QED) is 0.0894. The van der Waals surface area contributed by atoms with Crippen molar-refractivity contribution in [1.82, 2.24) is 10.6 Å². The van der Waals surface area contributed by atoms with E-state index in [9.17, 15) is 19.8 Å². The monoisotopic (exact) mass is 605 g/mol. The Hall–Kier alpha value is -4.51. The second-order valence-electron chi connectivity index (χ2n) is 11.5. The normalized spacial score (nSPS) is 16.3. The summed E-state index contributed by atoms with van der Waals surface area (Å²) in [5.74, 6) is -0.114. The molecule has 5 rings (SSSR count). The Bertz CT molecular complexity index is 1570. The van der Waals surface area contributed by atoms with Crippen LogP contribution in [-0.2, 0) is 15.1 Å². The first-order chi connectivity index (χ1) is 20.5. The van der Waals surface area contributed by atoms with E-state index in [4.69, 9.17) is 26.4 Å². The summed E-state index contributed by atoms with van der Waals surface area (Å²) < 4.78 is 17.6. The van der Waals surface area contributed by atoms with Gasteiger partial charge in [0, 0.05) is 30.3 Å². The lowest BCUT2D eigenvalue weighted by Gasteiger charge is -2.37. The number of carbonyl (C=O) groups excluding carboxylic acids is 2. The number of unbranched alkanes of at least 4 members (excludes halogenated alkanes) is 3. The largest absolute Gasteiger partial charge is 0.508 e. The summed E-state index contributed by atoms with van der Waals surface area (Å²) in [6.45, 7) is 6.61. The minimum Gasteiger partial charge on any atom is -0.508 e. The lowest BCUT2D eigenvalue weighted by molar-refractivity contribution is 0.0224. The van der Waals surface area contributed by atoms with Crippen LogP contribution in [-0.4, -0.2) is 46.1 Å². The molecule has 2 aliphatic rings. The number of thiocarbonyl (C=S) groups is 1. The Morgan fingerprint density at radius 2 is 1.63 bits per heavy atom. The van der Waals surface area contributed by atoms with E-state index in [-0.39, 0.29) is 33.8 Å². The average Bonchev–Trinajstić information content (AvgIpc) is 3.23. The third-order valence-electron chi connectivity index (χ3n) is 7.14. The molecule has 0 aliphatic carbocycles. The number of phenols is 2. The van der Waals surface area contributed by atoms with E-state index in [2.05, 4.69) is 16.0 Å². The highest BCUT2D eigenvalue weighted by atomic mass is 32.1. The maximum absolute atomic E-state index is 13.0. The number of ether oxygens (including phenoxy) is 3. The molecule has 0 aromatic heterocycles. The van der Waals surface area contributed by atoms with Crippen molar-refractivity contribution in [3.8, 4) is 23.0 Å². The lowest BCUT2D eigenvalue weighted by Crippen LogP contribution is -2.34. The molecule has 2 aliphatic heterocycles. The van der Waals surface area contributed by atoms with Gasteiger partial charge in [-0.1, -0.05) is 31.0 Å². The molecule has 0 saturated heterocycles. The lowest BCUT2D eigenvalue weighted by atomic mass is 9.77. The van der Waals surface area contributed by atoms with Crippen molar-refractivity contribution in [3.05, 3.63) is 76.9 Å². The van der Waals surface area contributed by atoms with E-state index in [1.54, 1.807) is 24.3 Å². The Morgan fingerprint density at radius 1 is 0.930 bits per heavy atom. The van der Waals surface area contributed by atoms with Gasteiger partial charge in [-0.3, -0.25) is 0 Å². The molecule has 2 heterocycles. The number of anilines is 1. The Morgan fingerprint density at radius 3 is 2.37 bits per heavy atom. The Balaban J connectivity index is 1.26. The van der Waals surface area contributed by atoms with E-state index >= 15 is 0 Å². The molecular weight excluding hydrogens is 570 g/mol. The molecular formula is C32H35N3O7S. The van der Waals surface area contributed by atoms with Crippen LogP contribution in [0.3, 0.4) is 0 Å². The van der Waals surface area contributed by atoms with Crippen LogP contribution in [0.1, 0.15) is 73.5 Å². The third-order valence-corrected chi connectivity index (χ3v) is 7.39. The fourth-order valence-corrected chi connectivity index (χ4v) is 5.51. The highest BCUT2D eigenvalue weighted by molar-refractivity contribution is 7.80. The fraction of sp³-hybridized carbons (Fsp3) is 0.344. The molecule has 226 valence electrons. The minimum absolute atomic E-state index is 0.0255. The van der Waals surface area contributed by atoms with Crippen LogP contribution >= 0.6 is 12.2 Å². The zero-order chi connectivity index (χ0) is 30.8. The highest BCUT2D eigenvalue weighted by Gasteiger charge is 2.54. The van der Waals surface area contributed by atoms with Crippen LogP contribution < -0.4 is 20.7 Å². The zero-order valence-electron chi connectivity index (χ0n) is 24.3. The predicted octanol–water partition coefficient (Wildman–Crippen LogP) is 6.04. The summed E-state index contributed by atoms with van der Waals surface area (Å²) in [7, 11) is 0. The van der Waals surface area contributed by atoms with Crippen LogP contribution in [0, 0.1) is 0 Å². The SMILES string of the molecule is CC(C)(C)OC(=O)NCCCCCCNC(=S)Nc1c(O)ccc2c1Oc1cc(O)ccc1C21OC(=O)c2ccccc21. The second-order valence-corrected chi connectivity index (χ2v) is 11.9.